The van der Waals surface area contributed by atoms with Crippen LogP contribution in [0.1, 0.15) is 19.3 Å². The van der Waals surface area contributed by atoms with Crippen LogP contribution in [0.5, 0.6) is 0 Å². The van der Waals surface area contributed by atoms with Crippen molar-refractivity contribution in [3.8, 4) is 0 Å². The van der Waals surface area contributed by atoms with Crippen LogP contribution in [0.25, 0.3) is 0 Å². The number of rotatable bonds is 18. The van der Waals surface area contributed by atoms with Gasteiger partial charge in [0.25, 0.3) is 0 Å². The normalized spacial score (nSPS) is 16.4. The summed E-state index contributed by atoms with van der Waals surface area (Å²) in [5.74, 6) is -0.162. The average Bonchev–Trinajstić information content (AvgIpc) is 2.66. The van der Waals surface area contributed by atoms with Gasteiger partial charge in [-0.1, -0.05) is 57.8 Å². The second-order valence-electron chi connectivity index (χ2n) is 13.8. The number of hydrogen-bond donors (Lipinski definition) is 2. The first kappa shape index (κ1) is 39.4. The first-order valence-corrected chi connectivity index (χ1v) is 23.0. The molecule has 0 amide bonds. The number of phosphoric ester groups is 2. The number of nitrogens with zero attached hydrogens (tertiary/aromatic N) is 2. The van der Waals surface area contributed by atoms with E-state index in [1.165, 1.54) is 6.04 Å². The standard InChI is InChI=1S/C11H26NO5PSi.C11H28NO4PSi/c1-12(2,3)10-17-18(14,15)16-9-11(13)7-8-19(4,5)6;1-12(2,3)11-16-17(13,14)15-9-7-8-10-18(4,5)6/h7-10H2,1-6H3;7-11H2,1-6H3/p+2. The van der Waals surface area contributed by atoms with Crippen molar-refractivity contribution in [2.45, 2.75) is 70.6 Å². The first-order chi connectivity index (χ1) is 16.2. The van der Waals surface area contributed by atoms with E-state index in [4.69, 9.17) is 18.1 Å². The minimum atomic E-state index is -4.13. The van der Waals surface area contributed by atoms with E-state index in [1.807, 2.05) is 42.3 Å². The molecule has 0 aliphatic carbocycles. The van der Waals surface area contributed by atoms with Gasteiger partial charge in [-0.3, -0.25) is 13.8 Å². The fraction of sp³-hybridized carbons (Fsp3) is 0.955. The third kappa shape index (κ3) is 32.4. The highest BCUT2D eigenvalue weighted by atomic mass is 31.2. The Labute approximate surface area is 227 Å². The molecule has 0 aromatic rings. The van der Waals surface area contributed by atoms with Gasteiger partial charge in [-0.25, -0.2) is 18.2 Å². The molecule has 2 unspecified atom stereocenters. The molecule has 0 fully saturated rings. The van der Waals surface area contributed by atoms with E-state index in [9.17, 15) is 23.7 Å². The smallest absolute Gasteiger partial charge is 0.308 e. The van der Waals surface area contributed by atoms with Crippen molar-refractivity contribution in [2.24, 2.45) is 0 Å². The maximum atomic E-state index is 11.5. The van der Waals surface area contributed by atoms with E-state index in [0.717, 1.165) is 18.9 Å². The second-order valence-corrected chi connectivity index (χ2v) is 27.9. The Kier molecular flexibility index (Phi) is 17.6. The lowest BCUT2D eigenvalue weighted by Crippen LogP contribution is -2.36. The number of carbonyl (C=O) groups excluding carboxylic acids is 1. The van der Waals surface area contributed by atoms with Crippen LogP contribution in [0.4, 0.5) is 0 Å². The second kappa shape index (κ2) is 16.5. The third-order valence-electron chi connectivity index (χ3n) is 4.33. The van der Waals surface area contributed by atoms with E-state index >= 15 is 0 Å². The number of quaternary nitrogens is 2. The summed E-state index contributed by atoms with van der Waals surface area (Å²) in [6.45, 7) is 13.6. The summed E-state index contributed by atoms with van der Waals surface area (Å²) >= 11 is 0. The fourth-order valence-electron chi connectivity index (χ4n) is 2.24. The van der Waals surface area contributed by atoms with Gasteiger partial charge in [-0.2, -0.15) is 0 Å². The van der Waals surface area contributed by atoms with Gasteiger partial charge in [-0.05, 0) is 6.42 Å². The van der Waals surface area contributed by atoms with Gasteiger partial charge in [0, 0.05) is 22.6 Å². The summed E-state index contributed by atoms with van der Waals surface area (Å²) in [6, 6.07) is 2.07. The van der Waals surface area contributed by atoms with E-state index in [2.05, 4.69) is 39.3 Å². The number of phosphoric acid groups is 2. The van der Waals surface area contributed by atoms with Crippen molar-refractivity contribution in [3.05, 3.63) is 0 Å². The van der Waals surface area contributed by atoms with Crippen LogP contribution in [-0.4, -0.2) is 110 Å². The van der Waals surface area contributed by atoms with Gasteiger partial charge in [0.05, 0.1) is 48.9 Å². The Morgan fingerprint density at radius 3 is 1.46 bits per heavy atom. The maximum absolute atomic E-state index is 11.5. The molecule has 0 aliphatic rings. The Morgan fingerprint density at radius 1 is 0.676 bits per heavy atom. The Morgan fingerprint density at radius 2 is 1.08 bits per heavy atom. The van der Waals surface area contributed by atoms with Crippen molar-refractivity contribution < 1.29 is 50.8 Å². The Hall–Kier alpha value is 0.244. The molecule has 0 heterocycles. The molecule has 2 N–H and O–H groups in total. The number of carbonyl (C=O) groups is 1. The van der Waals surface area contributed by atoms with Crippen molar-refractivity contribution in [3.63, 3.8) is 0 Å². The van der Waals surface area contributed by atoms with E-state index in [-0.39, 0.29) is 32.5 Å². The minimum Gasteiger partial charge on any atom is -0.308 e. The number of Topliss-reactive ketones (excluding diaryl/α,β-unsaturated/α-hetero) is 1. The topological polar surface area (TPSA) is 129 Å². The molecular formula is C22H56N2O9P2Si2+2. The van der Waals surface area contributed by atoms with Crippen molar-refractivity contribution in [2.75, 3.05) is 69.0 Å². The predicted octanol–water partition coefficient (Wildman–Crippen LogP) is 4.98. The van der Waals surface area contributed by atoms with Crippen LogP contribution >= 0.6 is 15.6 Å². The summed E-state index contributed by atoms with van der Waals surface area (Å²) < 4.78 is 43.2. The lowest BCUT2D eigenvalue weighted by molar-refractivity contribution is -0.887. The molecule has 0 saturated carbocycles. The maximum Gasteiger partial charge on any atom is 0.477 e. The van der Waals surface area contributed by atoms with Crippen LogP contribution in [-0.2, 0) is 32.0 Å². The molecule has 37 heavy (non-hydrogen) atoms. The van der Waals surface area contributed by atoms with Crippen LogP contribution < -0.4 is 0 Å². The van der Waals surface area contributed by atoms with Gasteiger partial charge in [0.15, 0.2) is 19.2 Å². The summed E-state index contributed by atoms with van der Waals surface area (Å²) in [4.78, 5) is 30.4. The van der Waals surface area contributed by atoms with Gasteiger partial charge >= 0.3 is 15.6 Å². The predicted molar refractivity (Wildman–Crippen MR) is 155 cm³/mol. The van der Waals surface area contributed by atoms with E-state index in [1.54, 1.807) is 0 Å². The molecule has 0 aliphatic heterocycles. The molecule has 0 spiro atoms. The van der Waals surface area contributed by atoms with Crippen LogP contribution in [0, 0.1) is 0 Å². The number of hydrogen-bond acceptors (Lipinski definition) is 7. The zero-order valence-electron chi connectivity index (χ0n) is 25.4. The lowest BCUT2D eigenvalue weighted by atomic mass is 10.3. The van der Waals surface area contributed by atoms with Gasteiger partial charge in [-0.15, -0.1) is 0 Å². The highest BCUT2D eigenvalue weighted by Gasteiger charge is 2.27. The van der Waals surface area contributed by atoms with Crippen molar-refractivity contribution in [1.29, 1.82) is 0 Å². The van der Waals surface area contributed by atoms with E-state index < -0.39 is 31.8 Å². The van der Waals surface area contributed by atoms with Gasteiger partial charge in [0.1, 0.15) is 6.61 Å². The SMILES string of the molecule is C[N+](C)(C)COP(=O)(O)OCC(=O)CC[Si](C)(C)C.C[N+](C)(C)COP(=O)(O)OCCCC[Si](C)(C)C. The van der Waals surface area contributed by atoms with Crippen LogP contribution in [0.2, 0.25) is 51.4 Å². The minimum absolute atomic E-state index is 0.0386. The molecule has 0 radical (unpaired) electrons. The molecule has 224 valence electrons. The summed E-state index contributed by atoms with van der Waals surface area (Å²) in [6.07, 6.45) is 2.25. The largest absolute Gasteiger partial charge is 0.477 e. The molecule has 15 heteroatoms. The molecule has 0 rings (SSSR count). The van der Waals surface area contributed by atoms with Crippen molar-refractivity contribution >= 4 is 37.6 Å². The fourth-order valence-corrected chi connectivity index (χ4v) is 6.38. The van der Waals surface area contributed by atoms with E-state index in [0.29, 0.717) is 15.4 Å². The highest BCUT2D eigenvalue weighted by Crippen LogP contribution is 2.44. The number of ketones is 1. The summed E-state index contributed by atoms with van der Waals surface area (Å²) in [5, 5.41) is 0. The highest BCUT2D eigenvalue weighted by molar-refractivity contribution is 7.47. The molecule has 0 saturated heterocycles. The third-order valence-corrected chi connectivity index (χ3v) is 9.79. The quantitative estimate of drug-likeness (QED) is 0.0726. The number of unbranched alkanes of at least 4 members (excludes halogenated alkanes) is 1. The van der Waals surface area contributed by atoms with Crippen molar-refractivity contribution in [1.82, 2.24) is 0 Å². The molecule has 11 nitrogen and oxygen atoms in total. The van der Waals surface area contributed by atoms with Gasteiger partial charge < -0.3 is 18.8 Å². The average molecular weight is 611 g/mol. The Balaban J connectivity index is 0. The van der Waals surface area contributed by atoms with Crippen LogP contribution in [0.15, 0.2) is 0 Å². The van der Waals surface area contributed by atoms with Gasteiger partial charge in [0.2, 0.25) is 0 Å². The molecular weight excluding hydrogens is 554 g/mol. The monoisotopic (exact) mass is 610 g/mol. The molecule has 0 aromatic heterocycles. The zero-order valence-corrected chi connectivity index (χ0v) is 29.2. The Bertz CT molecular complexity index is 759. The summed E-state index contributed by atoms with van der Waals surface area (Å²) in [7, 11) is 0.807. The first-order valence-electron chi connectivity index (χ1n) is 12.6. The zero-order chi connectivity index (χ0) is 29.8. The molecule has 2 atom stereocenters. The molecule has 0 bridgehead atoms. The van der Waals surface area contributed by atoms with Crippen LogP contribution in [0.3, 0.4) is 0 Å². The lowest BCUT2D eigenvalue weighted by Gasteiger charge is -2.24. The molecule has 0 aromatic carbocycles. The summed E-state index contributed by atoms with van der Waals surface area (Å²) in [5.41, 5.74) is 0.